The Bertz CT molecular complexity index is 207. The Balaban J connectivity index is 2.65. The molecule has 0 spiro atoms. The van der Waals surface area contributed by atoms with E-state index in [2.05, 4.69) is 10.1 Å². The zero-order valence-electron chi connectivity index (χ0n) is 6.15. The van der Waals surface area contributed by atoms with Crippen LogP contribution >= 0.6 is 0 Å². The smallest absolute Gasteiger partial charge is 0.138 e. The van der Waals surface area contributed by atoms with Crippen LogP contribution < -0.4 is 0 Å². The molecule has 4 heteroatoms. The molecule has 1 N–H and O–H groups in total. The third kappa shape index (κ3) is 1.54. The van der Waals surface area contributed by atoms with Gasteiger partial charge in [0.15, 0.2) is 0 Å². The molecule has 0 aromatic carbocycles. The molecule has 1 aromatic heterocycles. The molecule has 0 aliphatic heterocycles. The van der Waals surface area contributed by atoms with Crippen LogP contribution in [0, 0.1) is 0 Å². The summed E-state index contributed by atoms with van der Waals surface area (Å²) < 4.78 is 1.66. The molecule has 1 rings (SSSR count). The molecule has 0 radical (unpaired) electrons. The van der Waals surface area contributed by atoms with Crippen molar-refractivity contribution in [1.29, 1.82) is 0 Å². The van der Waals surface area contributed by atoms with Crippen molar-refractivity contribution in [2.45, 2.75) is 19.4 Å². The molecule has 0 fully saturated rings. The molecule has 0 saturated carbocycles. The molecule has 0 amide bonds. The minimum Gasteiger partial charge on any atom is -0.393 e. The molecule has 1 unspecified atom stereocenters. The van der Waals surface area contributed by atoms with Crippen LogP contribution in [0.5, 0.6) is 0 Å². The summed E-state index contributed by atoms with van der Waals surface area (Å²) in [6.45, 7) is 1.73. The van der Waals surface area contributed by atoms with Crippen molar-refractivity contribution in [1.82, 2.24) is 14.8 Å². The van der Waals surface area contributed by atoms with E-state index < -0.39 is 0 Å². The highest BCUT2D eigenvalue weighted by Crippen LogP contribution is 1.95. The second kappa shape index (κ2) is 2.79. The highest BCUT2D eigenvalue weighted by atomic mass is 16.3. The van der Waals surface area contributed by atoms with Crippen molar-refractivity contribution in [3.8, 4) is 0 Å². The lowest BCUT2D eigenvalue weighted by atomic mass is 10.3. The maximum absolute atomic E-state index is 8.97. The number of hydrogen-bond donors (Lipinski definition) is 1. The summed E-state index contributed by atoms with van der Waals surface area (Å²) in [6.07, 6.45) is 1.71. The van der Waals surface area contributed by atoms with Gasteiger partial charge in [0, 0.05) is 13.5 Å². The summed E-state index contributed by atoms with van der Waals surface area (Å²) >= 11 is 0. The summed E-state index contributed by atoms with van der Waals surface area (Å²) in [7, 11) is 1.81. The molecule has 0 saturated heterocycles. The third-order valence-electron chi connectivity index (χ3n) is 1.28. The zero-order chi connectivity index (χ0) is 7.56. The summed E-state index contributed by atoms with van der Waals surface area (Å²) in [5, 5.41) is 12.8. The number of aliphatic hydroxyl groups is 1. The standard InChI is InChI=1S/C6H11N3O/c1-5(10)3-6-7-4-8-9(6)2/h4-5,10H,3H2,1-2H3. The Labute approximate surface area is 59.5 Å². The number of hydrogen-bond acceptors (Lipinski definition) is 3. The largest absolute Gasteiger partial charge is 0.393 e. The van der Waals surface area contributed by atoms with Crippen LogP contribution in [0.15, 0.2) is 6.33 Å². The van der Waals surface area contributed by atoms with Crippen LogP contribution in [0.1, 0.15) is 12.7 Å². The van der Waals surface area contributed by atoms with Gasteiger partial charge in [-0.1, -0.05) is 0 Å². The topological polar surface area (TPSA) is 50.9 Å². The van der Waals surface area contributed by atoms with Gasteiger partial charge in [0.25, 0.3) is 0 Å². The minimum absolute atomic E-state index is 0.345. The molecular weight excluding hydrogens is 130 g/mol. The first-order valence-corrected chi connectivity index (χ1v) is 3.21. The lowest BCUT2D eigenvalue weighted by Gasteiger charge is -2.01. The van der Waals surface area contributed by atoms with E-state index >= 15 is 0 Å². The molecule has 56 valence electrons. The van der Waals surface area contributed by atoms with E-state index in [-0.39, 0.29) is 6.10 Å². The van der Waals surface area contributed by atoms with Gasteiger partial charge in [-0.2, -0.15) is 5.10 Å². The van der Waals surface area contributed by atoms with Gasteiger partial charge < -0.3 is 5.11 Å². The lowest BCUT2D eigenvalue weighted by Crippen LogP contribution is -2.09. The van der Waals surface area contributed by atoms with Crippen molar-refractivity contribution in [3.05, 3.63) is 12.2 Å². The van der Waals surface area contributed by atoms with Crippen LogP contribution in [0.25, 0.3) is 0 Å². The summed E-state index contributed by atoms with van der Waals surface area (Å²) in [4.78, 5) is 3.95. The van der Waals surface area contributed by atoms with Gasteiger partial charge >= 0.3 is 0 Å². The fourth-order valence-electron chi connectivity index (χ4n) is 0.769. The number of rotatable bonds is 2. The van der Waals surface area contributed by atoms with Crippen LogP contribution in [0.4, 0.5) is 0 Å². The molecule has 1 aromatic rings. The van der Waals surface area contributed by atoms with E-state index in [1.807, 2.05) is 7.05 Å². The first-order chi connectivity index (χ1) is 4.70. The van der Waals surface area contributed by atoms with E-state index in [1.165, 1.54) is 6.33 Å². The summed E-state index contributed by atoms with van der Waals surface area (Å²) in [5.74, 6) is 0.815. The molecule has 0 aliphatic rings. The van der Waals surface area contributed by atoms with E-state index in [9.17, 15) is 0 Å². The van der Waals surface area contributed by atoms with Crippen LogP contribution in [0.3, 0.4) is 0 Å². The molecule has 0 aliphatic carbocycles. The Kier molecular flexibility index (Phi) is 2.01. The summed E-state index contributed by atoms with van der Waals surface area (Å²) in [6, 6.07) is 0. The van der Waals surface area contributed by atoms with E-state index in [0.29, 0.717) is 6.42 Å². The highest BCUT2D eigenvalue weighted by molar-refractivity contribution is 4.84. The Morgan fingerprint density at radius 2 is 2.50 bits per heavy atom. The first kappa shape index (κ1) is 7.21. The third-order valence-corrected chi connectivity index (χ3v) is 1.28. The van der Waals surface area contributed by atoms with Gasteiger partial charge in [-0.3, -0.25) is 4.68 Å². The quantitative estimate of drug-likeness (QED) is 0.617. The summed E-state index contributed by atoms with van der Waals surface area (Å²) in [5.41, 5.74) is 0. The first-order valence-electron chi connectivity index (χ1n) is 3.21. The van der Waals surface area contributed by atoms with Crippen LogP contribution in [0.2, 0.25) is 0 Å². The molecule has 0 bridgehead atoms. The normalized spacial score (nSPS) is 13.5. The number of nitrogens with zero attached hydrogens (tertiary/aromatic N) is 3. The van der Waals surface area contributed by atoms with Gasteiger partial charge in [0.1, 0.15) is 12.2 Å². The number of aliphatic hydroxyl groups excluding tert-OH is 1. The Morgan fingerprint density at radius 1 is 1.80 bits per heavy atom. The average molecular weight is 141 g/mol. The minimum atomic E-state index is -0.345. The second-order valence-corrected chi connectivity index (χ2v) is 2.35. The molecule has 10 heavy (non-hydrogen) atoms. The van der Waals surface area contributed by atoms with Gasteiger partial charge in [0.2, 0.25) is 0 Å². The predicted molar refractivity (Wildman–Crippen MR) is 36.4 cm³/mol. The van der Waals surface area contributed by atoms with E-state index in [0.717, 1.165) is 5.82 Å². The molecular formula is C6H11N3O. The van der Waals surface area contributed by atoms with Crippen molar-refractivity contribution in [2.24, 2.45) is 7.05 Å². The van der Waals surface area contributed by atoms with Gasteiger partial charge in [-0.05, 0) is 6.92 Å². The average Bonchev–Trinajstić information content (AvgIpc) is 2.15. The molecule has 1 heterocycles. The number of aromatic nitrogens is 3. The maximum atomic E-state index is 8.97. The van der Waals surface area contributed by atoms with Crippen LogP contribution in [-0.2, 0) is 13.5 Å². The second-order valence-electron chi connectivity index (χ2n) is 2.35. The van der Waals surface area contributed by atoms with Crippen molar-refractivity contribution in [2.75, 3.05) is 0 Å². The Morgan fingerprint density at radius 3 is 2.90 bits per heavy atom. The van der Waals surface area contributed by atoms with Gasteiger partial charge in [-0.15, -0.1) is 0 Å². The van der Waals surface area contributed by atoms with Crippen molar-refractivity contribution in [3.63, 3.8) is 0 Å². The fraction of sp³-hybridized carbons (Fsp3) is 0.667. The van der Waals surface area contributed by atoms with E-state index in [1.54, 1.807) is 11.6 Å². The maximum Gasteiger partial charge on any atom is 0.138 e. The number of aryl methyl sites for hydroxylation is 1. The highest BCUT2D eigenvalue weighted by Gasteiger charge is 2.03. The lowest BCUT2D eigenvalue weighted by molar-refractivity contribution is 0.191. The van der Waals surface area contributed by atoms with Gasteiger partial charge in [-0.25, -0.2) is 4.98 Å². The predicted octanol–water partition coefficient (Wildman–Crippen LogP) is -0.262. The van der Waals surface area contributed by atoms with E-state index in [4.69, 9.17) is 5.11 Å². The zero-order valence-corrected chi connectivity index (χ0v) is 6.15. The van der Waals surface area contributed by atoms with Crippen LogP contribution in [-0.4, -0.2) is 26.0 Å². The van der Waals surface area contributed by atoms with Crippen molar-refractivity contribution >= 4 is 0 Å². The fourth-order valence-corrected chi connectivity index (χ4v) is 0.769. The van der Waals surface area contributed by atoms with Gasteiger partial charge in [0.05, 0.1) is 6.10 Å². The molecule has 4 nitrogen and oxygen atoms in total. The molecule has 1 atom stereocenters. The Hall–Kier alpha value is -0.900. The van der Waals surface area contributed by atoms with Crippen molar-refractivity contribution < 1.29 is 5.11 Å². The SMILES string of the molecule is CC(O)Cc1ncnn1C. The monoisotopic (exact) mass is 141 g/mol.